The van der Waals surface area contributed by atoms with Crippen LogP contribution in [0.15, 0.2) is 30.3 Å². The summed E-state index contributed by atoms with van der Waals surface area (Å²) in [4.78, 5) is 12.6. The number of halogens is 1. The molecule has 0 amide bonds. The van der Waals surface area contributed by atoms with Crippen molar-refractivity contribution in [3.05, 3.63) is 45.2 Å². The minimum atomic E-state index is -0.995. The molecular formula is C16H14ClNO4S. The second-order valence-corrected chi connectivity index (χ2v) is 6.69. The number of fused-ring (bicyclic) bond motifs is 1. The summed E-state index contributed by atoms with van der Waals surface area (Å²) in [6, 6.07) is 8.85. The zero-order valence-corrected chi connectivity index (χ0v) is 14.1. The number of hydrogen-bond acceptors (Lipinski definition) is 4. The minimum Gasteiger partial charge on any atom is -0.497 e. The lowest BCUT2D eigenvalue weighted by Crippen LogP contribution is -2.08. The van der Waals surface area contributed by atoms with Gasteiger partial charge in [0.05, 0.1) is 30.6 Å². The Morgan fingerprint density at radius 2 is 2.04 bits per heavy atom. The van der Waals surface area contributed by atoms with Crippen LogP contribution in [0.25, 0.3) is 10.9 Å². The summed E-state index contributed by atoms with van der Waals surface area (Å²) in [5.41, 5.74) is 0.930. The van der Waals surface area contributed by atoms with Gasteiger partial charge in [0.2, 0.25) is 0 Å². The molecule has 0 aliphatic carbocycles. The maximum atomic E-state index is 11.6. The van der Waals surface area contributed by atoms with E-state index in [1.54, 1.807) is 43.1 Å². The molecule has 0 atom stereocenters. The molecule has 0 bridgehead atoms. The van der Waals surface area contributed by atoms with Crippen LogP contribution in [-0.4, -0.2) is 29.9 Å². The number of aromatic nitrogens is 1. The molecule has 0 unspecified atom stereocenters. The van der Waals surface area contributed by atoms with Gasteiger partial charge in [-0.15, -0.1) is 11.3 Å². The molecule has 0 saturated heterocycles. The van der Waals surface area contributed by atoms with Crippen molar-refractivity contribution in [1.82, 2.24) is 4.57 Å². The average molecular weight is 352 g/mol. The highest BCUT2D eigenvalue weighted by atomic mass is 35.5. The molecule has 0 fully saturated rings. The van der Waals surface area contributed by atoms with Crippen LogP contribution in [0.3, 0.4) is 0 Å². The van der Waals surface area contributed by atoms with Gasteiger partial charge in [0.25, 0.3) is 0 Å². The van der Waals surface area contributed by atoms with Crippen molar-refractivity contribution >= 4 is 39.8 Å². The zero-order chi connectivity index (χ0) is 16.6. The molecule has 0 saturated carbocycles. The Kier molecular flexibility index (Phi) is 4.19. The van der Waals surface area contributed by atoms with Gasteiger partial charge in [0.15, 0.2) is 0 Å². The standard InChI is InChI=1S/C16H14ClNO4S/c1-21-9-5-12-11(14(6-9)22-2)7-13(16(19)20)18(12)8-10-3-4-15(17)23-10/h3-7H,8H2,1-2H3,(H,19,20). The van der Waals surface area contributed by atoms with Gasteiger partial charge in [-0.3, -0.25) is 0 Å². The molecule has 0 radical (unpaired) electrons. The molecule has 3 rings (SSSR count). The van der Waals surface area contributed by atoms with Crippen LogP contribution in [0, 0.1) is 0 Å². The van der Waals surface area contributed by atoms with Crippen molar-refractivity contribution in [2.24, 2.45) is 0 Å². The van der Waals surface area contributed by atoms with Crippen molar-refractivity contribution in [2.45, 2.75) is 6.54 Å². The highest BCUT2D eigenvalue weighted by Gasteiger charge is 2.19. The number of carboxylic acids is 1. The Balaban J connectivity index is 2.23. The number of carbonyl (C=O) groups is 1. The number of benzene rings is 1. The molecule has 0 aliphatic heterocycles. The third kappa shape index (κ3) is 2.87. The Hall–Kier alpha value is -2.18. The van der Waals surface area contributed by atoms with Crippen molar-refractivity contribution in [3.63, 3.8) is 0 Å². The van der Waals surface area contributed by atoms with E-state index in [4.69, 9.17) is 21.1 Å². The molecule has 1 aromatic carbocycles. The maximum Gasteiger partial charge on any atom is 0.352 e. The number of ether oxygens (including phenoxy) is 2. The summed E-state index contributed by atoms with van der Waals surface area (Å²) in [5.74, 6) is 0.185. The van der Waals surface area contributed by atoms with E-state index in [1.807, 2.05) is 6.07 Å². The number of carboxylic acid groups (broad SMARTS) is 1. The summed E-state index contributed by atoms with van der Waals surface area (Å²) in [6.07, 6.45) is 0. The number of nitrogens with zero attached hydrogens (tertiary/aromatic N) is 1. The molecule has 3 aromatic rings. The predicted octanol–water partition coefficient (Wildman–Crippen LogP) is 4.12. The van der Waals surface area contributed by atoms with Crippen LogP contribution in [0.5, 0.6) is 11.5 Å². The number of aromatic carboxylic acids is 1. The molecule has 0 aliphatic rings. The van der Waals surface area contributed by atoms with Gasteiger partial charge in [-0.2, -0.15) is 0 Å². The van der Waals surface area contributed by atoms with Gasteiger partial charge >= 0.3 is 5.97 Å². The van der Waals surface area contributed by atoms with E-state index < -0.39 is 5.97 Å². The van der Waals surface area contributed by atoms with Crippen LogP contribution in [0.4, 0.5) is 0 Å². The van der Waals surface area contributed by atoms with Gasteiger partial charge in [-0.1, -0.05) is 11.6 Å². The number of hydrogen-bond donors (Lipinski definition) is 1. The topological polar surface area (TPSA) is 60.7 Å². The Bertz CT molecular complexity index is 884. The van der Waals surface area contributed by atoms with E-state index in [-0.39, 0.29) is 5.69 Å². The molecule has 23 heavy (non-hydrogen) atoms. The molecule has 120 valence electrons. The first kappa shape index (κ1) is 15.7. The first-order valence-electron chi connectivity index (χ1n) is 6.76. The lowest BCUT2D eigenvalue weighted by atomic mass is 10.2. The van der Waals surface area contributed by atoms with Crippen molar-refractivity contribution in [2.75, 3.05) is 14.2 Å². The van der Waals surface area contributed by atoms with Gasteiger partial charge in [-0.25, -0.2) is 4.79 Å². The van der Waals surface area contributed by atoms with Gasteiger partial charge in [0.1, 0.15) is 17.2 Å². The summed E-state index contributed by atoms with van der Waals surface area (Å²) in [6.45, 7) is 0.416. The molecule has 2 aromatic heterocycles. The van der Waals surface area contributed by atoms with Crippen LogP contribution in [0.1, 0.15) is 15.4 Å². The molecule has 1 N–H and O–H groups in total. The zero-order valence-electron chi connectivity index (χ0n) is 12.5. The van der Waals surface area contributed by atoms with Gasteiger partial charge in [0, 0.05) is 22.4 Å². The van der Waals surface area contributed by atoms with Gasteiger partial charge < -0.3 is 19.1 Å². The Morgan fingerprint density at radius 1 is 1.26 bits per heavy atom. The maximum absolute atomic E-state index is 11.6. The van der Waals surface area contributed by atoms with Crippen LogP contribution in [0.2, 0.25) is 4.34 Å². The highest BCUT2D eigenvalue weighted by Crippen LogP contribution is 2.35. The molecular weight excluding hydrogens is 338 g/mol. The van der Waals surface area contributed by atoms with E-state index in [0.29, 0.717) is 22.4 Å². The summed E-state index contributed by atoms with van der Waals surface area (Å²) in [7, 11) is 3.11. The fraction of sp³-hybridized carbons (Fsp3) is 0.188. The first-order chi connectivity index (χ1) is 11.0. The van der Waals surface area contributed by atoms with Crippen LogP contribution >= 0.6 is 22.9 Å². The first-order valence-corrected chi connectivity index (χ1v) is 7.95. The van der Waals surface area contributed by atoms with Gasteiger partial charge in [-0.05, 0) is 18.2 Å². The fourth-order valence-electron chi connectivity index (χ4n) is 2.53. The van der Waals surface area contributed by atoms with Crippen molar-refractivity contribution < 1.29 is 19.4 Å². The second kappa shape index (κ2) is 6.14. The minimum absolute atomic E-state index is 0.191. The van der Waals surface area contributed by atoms with Crippen LogP contribution < -0.4 is 9.47 Å². The predicted molar refractivity (Wildman–Crippen MR) is 90.4 cm³/mol. The van der Waals surface area contributed by atoms with E-state index in [1.165, 1.54) is 11.3 Å². The summed E-state index contributed by atoms with van der Waals surface area (Å²) >= 11 is 7.39. The SMILES string of the molecule is COc1cc(OC)c2cc(C(=O)O)n(Cc3ccc(Cl)s3)c2c1. The largest absolute Gasteiger partial charge is 0.497 e. The van der Waals surface area contributed by atoms with E-state index >= 15 is 0 Å². The van der Waals surface area contributed by atoms with Crippen molar-refractivity contribution in [3.8, 4) is 11.5 Å². The average Bonchev–Trinajstić information content (AvgIpc) is 3.10. The number of thiophene rings is 1. The van der Waals surface area contributed by atoms with Crippen LogP contribution in [-0.2, 0) is 6.54 Å². The molecule has 0 spiro atoms. The monoisotopic (exact) mass is 351 g/mol. The fourth-order valence-corrected chi connectivity index (χ4v) is 3.60. The summed E-state index contributed by atoms with van der Waals surface area (Å²) in [5, 5.41) is 10.3. The second-order valence-electron chi connectivity index (χ2n) is 4.89. The smallest absolute Gasteiger partial charge is 0.352 e. The lowest BCUT2D eigenvalue weighted by Gasteiger charge is -2.10. The third-order valence-electron chi connectivity index (χ3n) is 3.57. The summed E-state index contributed by atoms with van der Waals surface area (Å²) < 4.78 is 13.0. The van der Waals surface area contributed by atoms with E-state index in [2.05, 4.69) is 0 Å². The number of rotatable bonds is 5. The molecule has 2 heterocycles. The Labute approximate surface area is 141 Å². The number of methoxy groups -OCH3 is 2. The molecule has 5 nitrogen and oxygen atoms in total. The van der Waals surface area contributed by atoms with E-state index in [9.17, 15) is 9.90 Å². The van der Waals surface area contributed by atoms with Crippen molar-refractivity contribution in [1.29, 1.82) is 0 Å². The quantitative estimate of drug-likeness (QED) is 0.751. The third-order valence-corrected chi connectivity index (χ3v) is 4.79. The van der Waals surface area contributed by atoms with E-state index in [0.717, 1.165) is 15.8 Å². The Morgan fingerprint density at radius 3 is 2.61 bits per heavy atom. The highest BCUT2D eigenvalue weighted by molar-refractivity contribution is 7.16. The lowest BCUT2D eigenvalue weighted by molar-refractivity contribution is 0.0686. The normalized spacial score (nSPS) is 10.9. The molecule has 7 heteroatoms.